The minimum atomic E-state index is 0.194. The molecule has 0 amide bonds. The van der Waals surface area contributed by atoms with Crippen LogP contribution in [-0.4, -0.2) is 5.12 Å². The first-order valence-corrected chi connectivity index (χ1v) is 5.80. The Bertz CT molecular complexity index is 359. The van der Waals surface area contributed by atoms with Gasteiger partial charge in [-0.2, -0.15) is 0 Å². The number of hydrogen-bond acceptors (Lipinski definition) is 2. The Morgan fingerprint density at radius 1 is 1.27 bits per heavy atom. The average Bonchev–Trinajstić information content (AvgIpc) is 2.19. The monoisotopic (exact) mass is 220 g/mol. The van der Waals surface area contributed by atoms with Gasteiger partial charge in [0.1, 0.15) is 0 Å². The Kier molecular flexibility index (Phi) is 4.63. The summed E-state index contributed by atoms with van der Waals surface area (Å²) in [7, 11) is 0. The second kappa shape index (κ2) is 5.76. The van der Waals surface area contributed by atoms with Crippen LogP contribution in [0.2, 0.25) is 0 Å². The summed E-state index contributed by atoms with van der Waals surface area (Å²) in [6.45, 7) is 6.05. The van der Waals surface area contributed by atoms with Crippen LogP contribution in [0.4, 0.5) is 0 Å². The van der Waals surface area contributed by atoms with Crippen molar-refractivity contribution in [3.05, 3.63) is 41.5 Å². The van der Waals surface area contributed by atoms with Gasteiger partial charge in [-0.15, -0.1) is 0 Å². The summed E-state index contributed by atoms with van der Waals surface area (Å²) in [5, 5.41) is 0.194. The third kappa shape index (κ3) is 4.84. The van der Waals surface area contributed by atoms with Crippen molar-refractivity contribution in [2.75, 3.05) is 0 Å². The van der Waals surface area contributed by atoms with E-state index < -0.39 is 0 Å². The van der Waals surface area contributed by atoms with Gasteiger partial charge in [-0.3, -0.25) is 4.79 Å². The molecule has 1 nitrogen and oxygen atoms in total. The van der Waals surface area contributed by atoms with E-state index >= 15 is 0 Å². The van der Waals surface area contributed by atoms with Crippen LogP contribution in [0.5, 0.6) is 0 Å². The van der Waals surface area contributed by atoms with Crippen LogP contribution in [0.3, 0.4) is 0 Å². The molecule has 0 aromatic heterocycles. The normalized spacial score (nSPS) is 9.80. The second-order valence-corrected chi connectivity index (χ2v) is 4.90. The zero-order valence-corrected chi connectivity index (χ0v) is 10.2. The SMILES string of the molecule is CC(C)=CCC(=O)Sc1ccc(C)cc1. The highest BCUT2D eigenvalue weighted by atomic mass is 32.2. The third-order valence-corrected chi connectivity index (χ3v) is 2.83. The molecule has 80 valence electrons. The van der Waals surface area contributed by atoms with Crippen molar-refractivity contribution < 1.29 is 4.79 Å². The number of rotatable bonds is 3. The van der Waals surface area contributed by atoms with Crippen LogP contribution in [-0.2, 0) is 4.79 Å². The summed E-state index contributed by atoms with van der Waals surface area (Å²) in [5.74, 6) is 0. The molecule has 0 aliphatic heterocycles. The zero-order chi connectivity index (χ0) is 11.3. The standard InChI is InChI=1S/C13H16OS/c1-10(2)4-9-13(14)15-12-7-5-11(3)6-8-12/h4-8H,9H2,1-3H3. The third-order valence-electron chi connectivity index (χ3n) is 1.93. The lowest BCUT2D eigenvalue weighted by atomic mass is 10.2. The number of aryl methyl sites for hydroxylation is 1. The fraction of sp³-hybridized carbons (Fsp3) is 0.308. The van der Waals surface area contributed by atoms with Crippen molar-refractivity contribution >= 4 is 16.9 Å². The molecular weight excluding hydrogens is 204 g/mol. The number of carbonyl (C=O) groups is 1. The van der Waals surface area contributed by atoms with Crippen molar-refractivity contribution in [2.24, 2.45) is 0 Å². The highest BCUT2D eigenvalue weighted by Crippen LogP contribution is 2.20. The van der Waals surface area contributed by atoms with E-state index in [1.807, 2.05) is 51.1 Å². The van der Waals surface area contributed by atoms with E-state index in [9.17, 15) is 4.79 Å². The first-order valence-electron chi connectivity index (χ1n) is 4.98. The molecule has 0 atom stereocenters. The Morgan fingerprint density at radius 3 is 2.40 bits per heavy atom. The highest BCUT2D eigenvalue weighted by molar-refractivity contribution is 8.13. The molecule has 0 unspecified atom stereocenters. The largest absolute Gasteiger partial charge is 0.286 e. The van der Waals surface area contributed by atoms with Crippen molar-refractivity contribution in [3.63, 3.8) is 0 Å². The fourth-order valence-electron chi connectivity index (χ4n) is 1.07. The van der Waals surface area contributed by atoms with Crippen molar-refractivity contribution in [3.8, 4) is 0 Å². The Balaban J connectivity index is 2.51. The average molecular weight is 220 g/mol. The molecule has 0 aliphatic rings. The lowest BCUT2D eigenvalue weighted by Gasteiger charge is -1.99. The maximum Gasteiger partial charge on any atom is 0.197 e. The van der Waals surface area contributed by atoms with Crippen molar-refractivity contribution in [2.45, 2.75) is 32.1 Å². The molecule has 0 radical (unpaired) electrons. The van der Waals surface area contributed by atoms with Gasteiger partial charge in [0.25, 0.3) is 0 Å². The maximum absolute atomic E-state index is 11.5. The van der Waals surface area contributed by atoms with Gasteiger partial charge in [0.15, 0.2) is 5.12 Å². The van der Waals surface area contributed by atoms with Gasteiger partial charge in [-0.05, 0) is 32.9 Å². The van der Waals surface area contributed by atoms with Crippen LogP contribution in [0.15, 0.2) is 40.8 Å². The molecular formula is C13H16OS. The lowest BCUT2D eigenvalue weighted by Crippen LogP contribution is -1.88. The molecule has 0 bridgehead atoms. The molecule has 1 aromatic carbocycles. The Labute approximate surface area is 95.6 Å². The van der Waals surface area contributed by atoms with Crippen molar-refractivity contribution in [1.29, 1.82) is 0 Å². The minimum Gasteiger partial charge on any atom is -0.286 e. The Hall–Kier alpha value is -1.02. The van der Waals surface area contributed by atoms with Gasteiger partial charge >= 0.3 is 0 Å². The van der Waals surface area contributed by atoms with Crippen LogP contribution < -0.4 is 0 Å². The quantitative estimate of drug-likeness (QED) is 0.566. The van der Waals surface area contributed by atoms with E-state index in [0.717, 1.165) is 4.90 Å². The van der Waals surface area contributed by atoms with Crippen LogP contribution in [0.25, 0.3) is 0 Å². The topological polar surface area (TPSA) is 17.1 Å². The number of hydrogen-bond donors (Lipinski definition) is 0. The highest BCUT2D eigenvalue weighted by Gasteiger charge is 2.02. The lowest BCUT2D eigenvalue weighted by molar-refractivity contribution is -0.110. The van der Waals surface area contributed by atoms with Gasteiger partial charge in [-0.1, -0.05) is 41.1 Å². The number of thioether (sulfide) groups is 1. The van der Waals surface area contributed by atoms with E-state index in [-0.39, 0.29) is 5.12 Å². The van der Waals surface area contributed by atoms with Crippen LogP contribution in [0.1, 0.15) is 25.8 Å². The smallest absolute Gasteiger partial charge is 0.197 e. The van der Waals surface area contributed by atoms with Gasteiger partial charge in [0.2, 0.25) is 0 Å². The summed E-state index contributed by atoms with van der Waals surface area (Å²) < 4.78 is 0. The number of benzene rings is 1. The molecule has 0 N–H and O–H groups in total. The van der Waals surface area contributed by atoms with Crippen LogP contribution >= 0.6 is 11.8 Å². The molecule has 0 saturated carbocycles. The van der Waals surface area contributed by atoms with Gasteiger partial charge in [-0.25, -0.2) is 0 Å². The summed E-state index contributed by atoms with van der Waals surface area (Å²) in [5.41, 5.74) is 2.41. The molecule has 1 aromatic rings. The van der Waals surface area contributed by atoms with E-state index in [0.29, 0.717) is 6.42 Å². The molecule has 0 aliphatic carbocycles. The number of allylic oxidation sites excluding steroid dienone is 2. The second-order valence-electron chi connectivity index (χ2n) is 3.77. The molecule has 0 heterocycles. The minimum absolute atomic E-state index is 0.194. The predicted molar refractivity (Wildman–Crippen MR) is 66.1 cm³/mol. The first kappa shape index (κ1) is 12.1. The van der Waals surface area contributed by atoms with E-state index in [4.69, 9.17) is 0 Å². The molecule has 0 fully saturated rings. The summed E-state index contributed by atoms with van der Waals surface area (Å²) in [6, 6.07) is 8.02. The molecule has 2 heteroatoms. The molecule has 0 saturated heterocycles. The summed E-state index contributed by atoms with van der Waals surface area (Å²) in [4.78, 5) is 12.5. The Morgan fingerprint density at radius 2 is 1.87 bits per heavy atom. The first-order chi connectivity index (χ1) is 7.08. The van der Waals surface area contributed by atoms with E-state index in [2.05, 4.69) is 0 Å². The van der Waals surface area contributed by atoms with Gasteiger partial charge in [0, 0.05) is 11.3 Å². The zero-order valence-electron chi connectivity index (χ0n) is 9.41. The van der Waals surface area contributed by atoms with Crippen molar-refractivity contribution in [1.82, 2.24) is 0 Å². The van der Waals surface area contributed by atoms with E-state index in [1.54, 1.807) is 0 Å². The summed E-state index contributed by atoms with van der Waals surface area (Å²) in [6.07, 6.45) is 2.48. The summed E-state index contributed by atoms with van der Waals surface area (Å²) >= 11 is 1.31. The maximum atomic E-state index is 11.5. The predicted octanol–water partition coefficient (Wildman–Crippen LogP) is 3.97. The van der Waals surface area contributed by atoms with Gasteiger partial charge < -0.3 is 0 Å². The molecule has 0 spiro atoms. The van der Waals surface area contributed by atoms with Gasteiger partial charge in [0.05, 0.1) is 0 Å². The fourth-order valence-corrected chi connectivity index (χ4v) is 1.77. The van der Waals surface area contributed by atoms with Crippen LogP contribution in [0, 0.1) is 6.92 Å². The molecule has 15 heavy (non-hydrogen) atoms. The van der Waals surface area contributed by atoms with E-state index in [1.165, 1.54) is 22.9 Å². The molecule has 1 rings (SSSR count). The number of carbonyl (C=O) groups excluding carboxylic acids is 1.